The van der Waals surface area contributed by atoms with Gasteiger partial charge in [0.15, 0.2) is 0 Å². The first kappa shape index (κ1) is 16.4. The molecule has 0 spiro atoms. The van der Waals surface area contributed by atoms with Gasteiger partial charge in [0.05, 0.1) is 10.2 Å². The Kier molecular flexibility index (Phi) is 5.39. The molecular weight excluding hydrogens is 316 g/mol. The van der Waals surface area contributed by atoms with Crippen LogP contribution in [0.1, 0.15) is 17.0 Å². The van der Waals surface area contributed by atoms with E-state index in [1.54, 1.807) is 28.4 Å². The Balaban J connectivity index is 1.51. The van der Waals surface area contributed by atoms with Crippen LogP contribution in [0.25, 0.3) is 16.3 Å². The molecule has 0 aliphatic heterocycles. The lowest BCUT2D eigenvalue weighted by Gasteiger charge is -2.14. The summed E-state index contributed by atoms with van der Waals surface area (Å²) in [5.41, 5.74) is 2.29. The Morgan fingerprint density at radius 1 is 1.12 bits per heavy atom. The molecule has 0 bridgehead atoms. The van der Waals surface area contributed by atoms with Crippen molar-refractivity contribution in [2.75, 3.05) is 13.6 Å². The number of nitrogens with zero attached hydrogens (tertiary/aromatic N) is 2. The van der Waals surface area contributed by atoms with Gasteiger partial charge in [-0.2, -0.15) is 0 Å². The molecule has 0 unspecified atom stereocenters. The average molecular weight is 336 g/mol. The van der Waals surface area contributed by atoms with E-state index < -0.39 is 0 Å². The lowest BCUT2D eigenvalue weighted by molar-refractivity contribution is -0.124. The van der Waals surface area contributed by atoms with Crippen molar-refractivity contribution in [3.8, 4) is 0 Å². The molecule has 0 N–H and O–H groups in total. The van der Waals surface area contributed by atoms with E-state index in [9.17, 15) is 4.79 Å². The topological polar surface area (TPSA) is 33.2 Å². The number of hydrogen-bond acceptors (Lipinski definition) is 3. The van der Waals surface area contributed by atoms with Gasteiger partial charge < -0.3 is 4.90 Å². The van der Waals surface area contributed by atoms with E-state index in [1.807, 2.05) is 49.5 Å². The monoisotopic (exact) mass is 336 g/mol. The van der Waals surface area contributed by atoms with Crippen molar-refractivity contribution in [3.63, 3.8) is 0 Å². The van der Waals surface area contributed by atoms with Crippen LogP contribution in [-0.2, 0) is 11.2 Å². The fraction of sp³-hybridized carbons (Fsp3) is 0.200. The summed E-state index contributed by atoms with van der Waals surface area (Å²) in [5.74, 6) is 0.0160. The normalized spacial score (nSPS) is 11.2. The summed E-state index contributed by atoms with van der Waals surface area (Å²) in [4.78, 5) is 18.5. The molecule has 1 aromatic heterocycles. The molecule has 0 aliphatic rings. The molecule has 1 heterocycles. The lowest BCUT2D eigenvalue weighted by atomic mass is 10.1. The molecule has 0 radical (unpaired) electrons. The Morgan fingerprint density at radius 3 is 2.67 bits per heavy atom. The average Bonchev–Trinajstić information content (AvgIpc) is 3.03. The van der Waals surface area contributed by atoms with Crippen molar-refractivity contribution in [1.29, 1.82) is 0 Å². The van der Waals surface area contributed by atoms with Gasteiger partial charge in [-0.3, -0.25) is 4.79 Å². The minimum atomic E-state index is 0.0160. The Labute approximate surface area is 146 Å². The van der Waals surface area contributed by atoms with Gasteiger partial charge in [0.1, 0.15) is 5.01 Å². The molecule has 4 heteroatoms. The molecule has 3 nitrogen and oxygen atoms in total. The number of amides is 1. The molecule has 0 fully saturated rings. The fourth-order valence-corrected chi connectivity index (χ4v) is 3.38. The van der Waals surface area contributed by atoms with Crippen molar-refractivity contribution < 1.29 is 4.79 Å². The number of rotatable bonds is 6. The van der Waals surface area contributed by atoms with Crippen LogP contribution in [0.3, 0.4) is 0 Å². The van der Waals surface area contributed by atoms with Crippen molar-refractivity contribution >= 4 is 33.5 Å². The molecule has 0 aliphatic carbocycles. The van der Waals surface area contributed by atoms with Crippen LogP contribution in [-0.4, -0.2) is 29.4 Å². The van der Waals surface area contributed by atoms with E-state index in [4.69, 9.17) is 0 Å². The molecule has 0 saturated carbocycles. The summed E-state index contributed by atoms with van der Waals surface area (Å²) in [6, 6.07) is 18.4. The number of hydrogen-bond donors (Lipinski definition) is 0. The van der Waals surface area contributed by atoms with Crippen LogP contribution >= 0.6 is 11.3 Å². The third-order valence-corrected chi connectivity index (χ3v) is 4.86. The first-order valence-electron chi connectivity index (χ1n) is 8.05. The van der Waals surface area contributed by atoms with Gasteiger partial charge in [-0.15, -0.1) is 11.3 Å². The third-order valence-electron chi connectivity index (χ3n) is 3.86. The largest absolute Gasteiger partial charge is 0.342 e. The molecular formula is C20H20N2OS. The second-order valence-corrected chi connectivity index (χ2v) is 6.76. The molecule has 3 aromatic rings. The first-order valence-corrected chi connectivity index (χ1v) is 8.87. The maximum Gasteiger partial charge on any atom is 0.246 e. The summed E-state index contributed by atoms with van der Waals surface area (Å²) in [6.45, 7) is 0.748. The van der Waals surface area contributed by atoms with Crippen molar-refractivity contribution in [2.24, 2.45) is 0 Å². The fourth-order valence-electron chi connectivity index (χ4n) is 2.51. The number of carbonyl (C=O) groups excluding carboxylic acids is 1. The van der Waals surface area contributed by atoms with E-state index in [1.165, 1.54) is 5.56 Å². The van der Waals surface area contributed by atoms with E-state index in [0.717, 1.165) is 34.6 Å². The molecule has 0 saturated heterocycles. The van der Waals surface area contributed by atoms with Gasteiger partial charge in [0, 0.05) is 19.7 Å². The predicted molar refractivity (Wildman–Crippen MR) is 101 cm³/mol. The van der Waals surface area contributed by atoms with E-state index in [0.29, 0.717) is 0 Å². The Morgan fingerprint density at radius 2 is 1.88 bits per heavy atom. The van der Waals surface area contributed by atoms with Gasteiger partial charge in [0.25, 0.3) is 0 Å². The highest BCUT2D eigenvalue weighted by molar-refractivity contribution is 7.19. The SMILES string of the molecule is CN(CCCc1ccccc1)C(=O)/C=C/c1nc2ccccc2s1. The van der Waals surface area contributed by atoms with Crippen molar-refractivity contribution in [1.82, 2.24) is 9.88 Å². The van der Waals surface area contributed by atoms with Crippen LogP contribution in [0.2, 0.25) is 0 Å². The third kappa shape index (κ3) is 4.30. The molecule has 0 atom stereocenters. The zero-order valence-corrected chi connectivity index (χ0v) is 14.5. The summed E-state index contributed by atoms with van der Waals surface area (Å²) >= 11 is 1.60. The maximum absolute atomic E-state index is 12.2. The number of benzene rings is 2. The second kappa shape index (κ2) is 7.88. The van der Waals surface area contributed by atoms with E-state index in [-0.39, 0.29) is 5.91 Å². The lowest BCUT2D eigenvalue weighted by Crippen LogP contribution is -2.26. The summed E-state index contributed by atoms with van der Waals surface area (Å²) < 4.78 is 1.14. The van der Waals surface area contributed by atoms with Gasteiger partial charge in [-0.1, -0.05) is 42.5 Å². The standard InChI is InChI=1S/C20H20N2OS/c1-22(15-7-10-16-8-3-2-4-9-16)20(23)14-13-19-21-17-11-5-6-12-18(17)24-19/h2-6,8-9,11-14H,7,10,15H2,1H3/b14-13+. The molecule has 122 valence electrons. The highest BCUT2D eigenvalue weighted by atomic mass is 32.1. The minimum Gasteiger partial charge on any atom is -0.342 e. The number of fused-ring (bicyclic) bond motifs is 1. The number of aryl methyl sites for hydroxylation is 1. The number of likely N-dealkylation sites (N-methyl/N-ethyl adjacent to an activating group) is 1. The van der Waals surface area contributed by atoms with Gasteiger partial charge in [-0.05, 0) is 36.6 Å². The van der Waals surface area contributed by atoms with Crippen molar-refractivity contribution in [2.45, 2.75) is 12.8 Å². The quantitative estimate of drug-likeness (QED) is 0.625. The number of thiazole rings is 1. The number of aromatic nitrogens is 1. The van der Waals surface area contributed by atoms with E-state index in [2.05, 4.69) is 17.1 Å². The van der Waals surface area contributed by atoms with Crippen LogP contribution in [0.15, 0.2) is 60.7 Å². The first-order chi connectivity index (χ1) is 11.7. The zero-order chi connectivity index (χ0) is 16.8. The van der Waals surface area contributed by atoms with Crippen LogP contribution < -0.4 is 0 Å². The predicted octanol–water partition coefficient (Wildman–Crippen LogP) is 4.40. The number of para-hydroxylation sites is 1. The molecule has 24 heavy (non-hydrogen) atoms. The number of carbonyl (C=O) groups is 1. The van der Waals surface area contributed by atoms with Gasteiger partial charge >= 0.3 is 0 Å². The van der Waals surface area contributed by atoms with Crippen molar-refractivity contribution in [3.05, 3.63) is 71.2 Å². The Hall–Kier alpha value is -2.46. The van der Waals surface area contributed by atoms with Gasteiger partial charge in [-0.25, -0.2) is 4.98 Å². The smallest absolute Gasteiger partial charge is 0.246 e. The maximum atomic E-state index is 12.2. The molecule has 1 amide bonds. The summed E-state index contributed by atoms with van der Waals surface area (Å²) in [5, 5.41) is 0.863. The Bertz CT molecular complexity index is 806. The van der Waals surface area contributed by atoms with Gasteiger partial charge in [0.2, 0.25) is 5.91 Å². The van der Waals surface area contributed by atoms with Crippen LogP contribution in [0, 0.1) is 0 Å². The zero-order valence-electron chi connectivity index (χ0n) is 13.7. The van der Waals surface area contributed by atoms with E-state index >= 15 is 0 Å². The summed E-state index contributed by atoms with van der Waals surface area (Å²) in [6.07, 6.45) is 5.36. The van der Waals surface area contributed by atoms with Crippen LogP contribution in [0.4, 0.5) is 0 Å². The second-order valence-electron chi connectivity index (χ2n) is 5.70. The highest BCUT2D eigenvalue weighted by Crippen LogP contribution is 2.22. The molecule has 2 aromatic carbocycles. The highest BCUT2D eigenvalue weighted by Gasteiger charge is 2.06. The molecule has 3 rings (SSSR count). The van der Waals surface area contributed by atoms with Crippen LogP contribution in [0.5, 0.6) is 0 Å². The minimum absolute atomic E-state index is 0.0160. The summed E-state index contributed by atoms with van der Waals surface area (Å²) in [7, 11) is 1.84.